The smallest absolute Gasteiger partial charge is 0.220 e. The molecule has 2 fully saturated rings. The van der Waals surface area contributed by atoms with Gasteiger partial charge in [-0.15, -0.1) is 12.4 Å². The fraction of sp³-hybridized carbons (Fsp3) is 0.588. The number of amides is 1. The van der Waals surface area contributed by atoms with Crippen molar-refractivity contribution in [2.24, 2.45) is 11.8 Å². The number of nitrogens with one attached hydrogen (secondary N) is 2. The molecule has 3 aliphatic rings. The fourth-order valence-electron chi connectivity index (χ4n) is 4.10. The van der Waals surface area contributed by atoms with Crippen molar-refractivity contribution in [3.63, 3.8) is 0 Å². The van der Waals surface area contributed by atoms with Gasteiger partial charge in [0.15, 0.2) is 0 Å². The van der Waals surface area contributed by atoms with E-state index in [0.29, 0.717) is 30.2 Å². The molecule has 0 aromatic heterocycles. The molecule has 114 valence electrons. The highest BCUT2D eigenvalue weighted by Crippen LogP contribution is 2.56. The molecule has 21 heavy (non-hydrogen) atoms. The molecule has 1 aromatic carbocycles. The van der Waals surface area contributed by atoms with Crippen molar-refractivity contribution in [1.29, 1.82) is 0 Å². The molecule has 4 atom stereocenters. The Hall–Kier alpha value is -1.06. The summed E-state index contributed by atoms with van der Waals surface area (Å²) in [6.07, 6.45) is 4.12. The second-order valence-corrected chi connectivity index (χ2v) is 6.58. The fourth-order valence-corrected chi connectivity index (χ4v) is 4.10. The van der Waals surface area contributed by atoms with Crippen molar-refractivity contribution < 1.29 is 4.79 Å². The summed E-state index contributed by atoms with van der Waals surface area (Å²) in [6, 6.07) is 9.11. The van der Waals surface area contributed by atoms with Crippen LogP contribution >= 0.6 is 12.4 Å². The van der Waals surface area contributed by atoms with Gasteiger partial charge < -0.3 is 10.6 Å². The minimum atomic E-state index is 0. The number of carbonyl (C=O) groups excluding carboxylic acids is 1. The number of fused-ring (bicyclic) bond motifs is 3. The van der Waals surface area contributed by atoms with Gasteiger partial charge in [0.05, 0.1) is 0 Å². The Morgan fingerprint density at radius 1 is 1.33 bits per heavy atom. The molecule has 0 bridgehead atoms. The molecule has 1 saturated heterocycles. The predicted molar refractivity (Wildman–Crippen MR) is 85.8 cm³/mol. The maximum absolute atomic E-state index is 12.1. The molecule has 2 N–H and O–H groups in total. The number of carbonyl (C=O) groups is 1. The summed E-state index contributed by atoms with van der Waals surface area (Å²) in [5, 5.41) is 6.62. The molecule has 0 spiro atoms. The lowest BCUT2D eigenvalue weighted by Gasteiger charge is -2.11. The van der Waals surface area contributed by atoms with Crippen LogP contribution in [-0.4, -0.2) is 25.0 Å². The van der Waals surface area contributed by atoms with Crippen LogP contribution in [0.25, 0.3) is 0 Å². The average molecular weight is 307 g/mol. The first-order valence-electron chi connectivity index (χ1n) is 7.91. The standard InChI is InChI=1S/C17H22N2O.ClH/c20-15(6-5-11-7-8-18-10-11)19-17-14-9-12-3-1-2-4-13(12)16(14)17;/h1-4,11,14,16-18H,5-10H2,(H,19,20);1H. The predicted octanol–water partition coefficient (Wildman–Crippen LogP) is 2.25. The van der Waals surface area contributed by atoms with Crippen LogP contribution in [0.3, 0.4) is 0 Å². The summed E-state index contributed by atoms with van der Waals surface area (Å²) in [5.74, 6) is 2.24. The largest absolute Gasteiger partial charge is 0.352 e. The van der Waals surface area contributed by atoms with Crippen molar-refractivity contribution in [1.82, 2.24) is 10.6 Å². The van der Waals surface area contributed by atoms with E-state index >= 15 is 0 Å². The van der Waals surface area contributed by atoms with Gasteiger partial charge in [-0.25, -0.2) is 0 Å². The number of hydrogen-bond donors (Lipinski definition) is 2. The van der Waals surface area contributed by atoms with Gasteiger partial charge in [-0.3, -0.25) is 4.79 Å². The summed E-state index contributed by atoms with van der Waals surface area (Å²) in [5.41, 5.74) is 2.97. The van der Waals surface area contributed by atoms with Crippen LogP contribution in [0, 0.1) is 11.8 Å². The van der Waals surface area contributed by atoms with E-state index in [-0.39, 0.29) is 18.3 Å². The zero-order valence-corrected chi connectivity index (χ0v) is 13.0. The molecule has 1 amide bonds. The molecule has 2 aliphatic carbocycles. The summed E-state index contributed by atoms with van der Waals surface area (Å²) in [4.78, 5) is 12.1. The molecule has 1 aliphatic heterocycles. The Kier molecular flexibility index (Phi) is 4.23. The first kappa shape index (κ1) is 14.9. The van der Waals surface area contributed by atoms with E-state index in [1.54, 1.807) is 0 Å². The van der Waals surface area contributed by atoms with Gasteiger partial charge in [0, 0.05) is 18.4 Å². The zero-order chi connectivity index (χ0) is 13.5. The Morgan fingerprint density at radius 2 is 2.19 bits per heavy atom. The van der Waals surface area contributed by atoms with Gasteiger partial charge in [-0.2, -0.15) is 0 Å². The number of rotatable bonds is 4. The van der Waals surface area contributed by atoms with E-state index in [2.05, 4.69) is 34.9 Å². The average Bonchev–Trinajstić information content (AvgIpc) is 2.89. The minimum Gasteiger partial charge on any atom is -0.352 e. The summed E-state index contributed by atoms with van der Waals surface area (Å²) < 4.78 is 0. The molecule has 4 rings (SSSR count). The quantitative estimate of drug-likeness (QED) is 0.896. The van der Waals surface area contributed by atoms with Crippen LogP contribution in [0.1, 0.15) is 36.3 Å². The lowest BCUT2D eigenvalue weighted by molar-refractivity contribution is -0.121. The molecule has 0 radical (unpaired) electrons. The van der Waals surface area contributed by atoms with Gasteiger partial charge >= 0.3 is 0 Å². The molecule has 1 saturated carbocycles. The van der Waals surface area contributed by atoms with Crippen molar-refractivity contribution in [2.75, 3.05) is 13.1 Å². The summed E-state index contributed by atoms with van der Waals surface area (Å²) >= 11 is 0. The van der Waals surface area contributed by atoms with Crippen molar-refractivity contribution in [3.8, 4) is 0 Å². The first-order chi connectivity index (χ1) is 9.83. The molecule has 4 heteroatoms. The van der Waals surface area contributed by atoms with Crippen molar-refractivity contribution in [2.45, 2.75) is 37.6 Å². The highest BCUT2D eigenvalue weighted by molar-refractivity contribution is 5.85. The number of hydrogen-bond acceptors (Lipinski definition) is 2. The van der Waals surface area contributed by atoms with Crippen LogP contribution in [0.2, 0.25) is 0 Å². The van der Waals surface area contributed by atoms with Crippen LogP contribution in [0.5, 0.6) is 0 Å². The van der Waals surface area contributed by atoms with E-state index in [0.717, 1.165) is 25.9 Å². The molecule has 1 heterocycles. The SMILES string of the molecule is Cl.O=C(CCC1CCNC1)NC1C2Cc3ccccc3C21. The van der Waals surface area contributed by atoms with Crippen LogP contribution in [-0.2, 0) is 11.2 Å². The highest BCUT2D eigenvalue weighted by Gasteiger charge is 2.56. The lowest BCUT2D eigenvalue weighted by Crippen LogP contribution is -2.29. The second kappa shape index (κ2) is 5.98. The van der Waals surface area contributed by atoms with E-state index in [1.807, 2.05) is 0 Å². The van der Waals surface area contributed by atoms with E-state index in [9.17, 15) is 4.79 Å². The molecular formula is C17H23ClN2O. The van der Waals surface area contributed by atoms with Crippen LogP contribution in [0.15, 0.2) is 24.3 Å². The topological polar surface area (TPSA) is 41.1 Å². The Morgan fingerprint density at radius 3 is 3.00 bits per heavy atom. The van der Waals surface area contributed by atoms with Crippen molar-refractivity contribution in [3.05, 3.63) is 35.4 Å². The van der Waals surface area contributed by atoms with Crippen LogP contribution < -0.4 is 10.6 Å². The van der Waals surface area contributed by atoms with E-state index in [1.165, 1.54) is 17.5 Å². The van der Waals surface area contributed by atoms with Gasteiger partial charge in [0.25, 0.3) is 0 Å². The Labute approximate surface area is 132 Å². The maximum atomic E-state index is 12.1. The van der Waals surface area contributed by atoms with E-state index < -0.39 is 0 Å². The Balaban J connectivity index is 0.00000132. The lowest BCUT2D eigenvalue weighted by atomic mass is 10.0. The van der Waals surface area contributed by atoms with Gasteiger partial charge in [0.2, 0.25) is 5.91 Å². The third-order valence-electron chi connectivity index (χ3n) is 5.31. The van der Waals surface area contributed by atoms with E-state index in [4.69, 9.17) is 0 Å². The minimum absolute atomic E-state index is 0. The molecule has 4 unspecified atom stereocenters. The van der Waals surface area contributed by atoms with Crippen molar-refractivity contribution >= 4 is 18.3 Å². The molecular weight excluding hydrogens is 284 g/mol. The monoisotopic (exact) mass is 306 g/mol. The maximum Gasteiger partial charge on any atom is 0.220 e. The Bertz CT molecular complexity index is 527. The summed E-state index contributed by atoms with van der Waals surface area (Å²) in [6.45, 7) is 2.21. The normalized spacial score (nSPS) is 32.0. The third kappa shape index (κ3) is 2.82. The number of halogens is 1. The first-order valence-corrected chi connectivity index (χ1v) is 7.91. The summed E-state index contributed by atoms with van der Waals surface area (Å²) in [7, 11) is 0. The molecule has 1 aromatic rings. The van der Waals surface area contributed by atoms with Gasteiger partial charge in [-0.1, -0.05) is 24.3 Å². The number of benzene rings is 1. The van der Waals surface area contributed by atoms with Gasteiger partial charge in [0.1, 0.15) is 0 Å². The van der Waals surface area contributed by atoms with Gasteiger partial charge in [-0.05, 0) is 55.3 Å². The third-order valence-corrected chi connectivity index (χ3v) is 5.31. The van der Waals surface area contributed by atoms with Crippen LogP contribution in [0.4, 0.5) is 0 Å². The highest BCUT2D eigenvalue weighted by atomic mass is 35.5. The molecule has 3 nitrogen and oxygen atoms in total. The zero-order valence-electron chi connectivity index (χ0n) is 12.2. The second-order valence-electron chi connectivity index (χ2n) is 6.58.